The molecular weight excluding hydrogens is 228 g/mol. The number of rotatable bonds is 6. The Labute approximate surface area is 96.2 Å². The summed E-state index contributed by atoms with van der Waals surface area (Å²) in [5.74, 6) is 0. The highest BCUT2D eigenvalue weighted by atomic mass is 16.6. The fraction of sp³-hybridized carbons (Fsp3) is 0. The lowest BCUT2D eigenvalue weighted by atomic mass is 10.3. The van der Waals surface area contributed by atoms with Crippen molar-refractivity contribution in [2.45, 2.75) is 0 Å². The lowest BCUT2D eigenvalue weighted by Crippen LogP contribution is -1.97. The van der Waals surface area contributed by atoms with E-state index in [2.05, 4.69) is 0 Å². The van der Waals surface area contributed by atoms with Gasteiger partial charge in [0.05, 0.1) is 9.85 Å². The highest BCUT2D eigenvalue weighted by Crippen LogP contribution is 2.01. The summed E-state index contributed by atoms with van der Waals surface area (Å²) in [4.78, 5) is 19.5. The molecule has 0 aromatic rings. The minimum absolute atomic E-state index is 0.304. The van der Waals surface area contributed by atoms with E-state index in [4.69, 9.17) is 11.1 Å². The van der Waals surface area contributed by atoms with E-state index in [-0.39, 0.29) is 11.4 Å². The molecule has 90 valence electrons. The van der Waals surface area contributed by atoms with Crippen LogP contribution in [-0.4, -0.2) is 16.1 Å². The van der Waals surface area contributed by atoms with E-state index >= 15 is 0 Å². The van der Waals surface area contributed by atoms with Crippen molar-refractivity contribution in [1.82, 2.24) is 0 Å². The first-order valence-corrected chi connectivity index (χ1v) is 4.29. The van der Waals surface area contributed by atoms with Crippen LogP contribution >= 0.6 is 0 Å². The smallest absolute Gasteiger partial charge is 0.270 e. The molecule has 3 N–H and O–H groups in total. The zero-order chi connectivity index (χ0) is 13.3. The molecule has 0 aliphatic rings. The van der Waals surface area contributed by atoms with Crippen LogP contribution in [0.3, 0.4) is 0 Å². The van der Waals surface area contributed by atoms with Crippen LogP contribution < -0.4 is 5.73 Å². The van der Waals surface area contributed by atoms with Gasteiger partial charge in [0.2, 0.25) is 0 Å². The quantitative estimate of drug-likeness (QED) is 0.307. The molecule has 0 atom stereocenters. The van der Waals surface area contributed by atoms with Crippen LogP contribution in [0.4, 0.5) is 0 Å². The third-order valence-electron chi connectivity index (χ3n) is 1.48. The summed E-state index contributed by atoms with van der Waals surface area (Å²) in [5, 5.41) is 27.5. The fourth-order valence-electron chi connectivity index (χ4n) is 0.784. The molecule has 0 spiro atoms. The molecule has 0 aliphatic heterocycles. The van der Waals surface area contributed by atoms with Gasteiger partial charge in [-0.1, -0.05) is 0 Å². The molecule has 8 nitrogen and oxygen atoms in total. The summed E-state index contributed by atoms with van der Waals surface area (Å²) in [6, 6.07) is 0. The largest absolute Gasteiger partial charge is 0.404 e. The van der Waals surface area contributed by atoms with E-state index in [1.165, 1.54) is 0 Å². The Hall–Kier alpha value is -2.77. The number of nitrogens with one attached hydrogen (secondary N) is 1. The van der Waals surface area contributed by atoms with Gasteiger partial charge < -0.3 is 11.1 Å². The van der Waals surface area contributed by atoms with Gasteiger partial charge in [-0.15, -0.1) is 0 Å². The highest BCUT2D eigenvalue weighted by Gasteiger charge is 2.05. The predicted octanol–water partition coefficient (Wildman–Crippen LogP) is 0.986. The molecule has 0 fully saturated rings. The maximum atomic E-state index is 10.4. The zero-order valence-corrected chi connectivity index (χ0v) is 8.65. The van der Waals surface area contributed by atoms with E-state index in [1.54, 1.807) is 0 Å². The number of allylic oxidation sites excluding steroid dienone is 5. The van der Waals surface area contributed by atoms with Crippen LogP contribution in [0.25, 0.3) is 0 Å². The van der Waals surface area contributed by atoms with Gasteiger partial charge in [-0.05, 0) is 6.08 Å². The van der Waals surface area contributed by atoms with Crippen molar-refractivity contribution in [2.24, 2.45) is 5.73 Å². The number of hydrogen-bond donors (Lipinski definition) is 2. The van der Waals surface area contributed by atoms with Crippen LogP contribution in [-0.2, 0) is 0 Å². The first-order valence-electron chi connectivity index (χ1n) is 4.29. The third kappa shape index (κ3) is 5.62. The summed E-state index contributed by atoms with van der Waals surface area (Å²) in [6.07, 6.45) is 6.98. The maximum Gasteiger partial charge on any atom is 0.270 e. The predicted molar refractivity (Wildman–Crippen MR) is 61.4 cm³/mol. The molecule has 0 saturated carbocycles. The second-order valence-corrected chi connectivity index (χ2v) is 2.58. The molecule has 0 amide bonds. The summed E-state index contributed by atoms with van der Waals surface area (Å²) in [7, 11) is 0. The molecule has 0 radical (unpaired) electrons. The lowest BCUT2D eigenvalue weighted by Gasteiger charge is -1.89. The van der Waals surface area contributed by atoms with Gasteiger partial charge in [0, 0.05) is 36.7 Å². The summed E-state index contributed by atoms with van der Waals surface area (Å²) < 4.78 is 0. The normalized spacial score (nSPS) is 13.2. The van der Waals surface area contributed by atoms with Crippen molar-refractivity contribution in [3.8, 4) is 0 Å². The Morgan fingerprint density at radius 3 is 2.00 bits per heavy atom. The van der Waals surface area contributed by atoms with Crippen LogP contribution in [0.2, 0.25) is 0 Å². The van der Waals surface area contributed by atoms with Crippen molar-refractivity contribution in [3.63, 3.8) is 0 Å². The first-order chi connectivity index (χ1) is 8.02. The molecule has 0 aromatic carbocycles. The molecule has 8 heteroatoms. The van der Waals surface area contributed by atoms with Gasteiger partial charge in [-0.25, -0.2) is 0 Å². The maximum absolute atomic E-state index is 10.4. The van der Waals surface area contributed by atoms with Crippen LogP contribution in [0.15, 0.2) is 48.0 Å². The summed E-state index contributed by atoms with van der Waals surface area (Å²) in [6.45, 7) is 0. The van der Waals surface area contributed by atoms with Crippen molar-refractivity contribution < 1.29 is 9.85 Å². The Bertz CT molecular complexity index is 434. The Morgan fingerprint density at radius 2 is 1.59 bits per heavy atom. The monoisotopic (exact) mass is 238 g/mol. The van der Waals surface area contributed by atoms with Crippen molar-refractivity contribution in [2.75, 3.05) is 0 Å². The molecule has 0 aliphatic carbocycles. The van der Waals surface area contributed by atoms with Gasteiger partial charge in [-0.3, -0.25) is 20.2 Å². The van der Waals surface area contributed by atoms with Crippen LogP contribution in [0, 0.1) is 25.6 Å². The average molecular weight is 238 g/mol. The van der Waals surface area contributed by atoms with E-state index in [0.717, 1.165) is 42.8 Å². The molecule has 0 aromatic heterocycles. The molecular formula is C9H10N4O4. The average Bonchev–Trinajstić information content (AvgIpc) is 2.26. The van der Waals surface area contributed by atoms with E-state index < -0.39 is 9.85 Å². The molecule has 0 bridgehead atoms. The number of hydrogen-bond acceptors (Lipinski definition) is 6. The Morgan fingerprint density at radius 1 is 1.06 bits per heavy atom. The Balaban J connectivity index is 4.99. The minimum atomic E-state index is -0.708. The number of nitro groups is 2. The zero-order valence-electron chi connectivity index (χ0n) is 8.65. The first kappa shape index (κ1) is 14.2. The third-order valence-corrected chi connectivity index (χ3v) is 1.48. The lowest BCUT2D eigenvalue weighted by molar-refractivity contribution is -0.419. The second-order valence-electron chi connectivity index (χ2n) is 2.58. The van der Waals surface area contributed by atoms with E-state index in [9.17, 15) is 20.2 Å². The molecule has 0 saturated heterocycles. The van der Waals surface area contributed by atoms with Gasteiger partial charge >= 0.3 is 0 Å². The van der Waals surface area contributed by atoms with Gasteiger partial charge in [0.15, 0.2) is 0 Å². The van der Waals surface area contributed by atoms with E-state index in [1.807, 2.05) is 0 Å². The van der Waals surface area contributed by atoms with Crippen molar-refractivity contribution in [3.05, 3.63) is 68.2 Å². The van der Waals surface area contributed by atoms with Crippen LogP contribution in [0.5, 0.6) is 0 Å². The van der Waals surface area contributed by atoms with Crippen LogP contribution in [0.1, 0.15) is 0 Å². The minimum Gasteiger partial charge on any atom is -0.404 e. The summed E-state index contributed by atoms with van der Waals surface area (Å²) in [5.41, 5.74) is 4.34. The van der Waals surface area contributed by atoms with Gasteiger partial charge in [0.25, 0.3) is 11.4 Å². The number of nitrogens with two attached hydrogens (primary N) is 1. The summed E-state index contributed by atoms with van der Waals surface area (Å²) >= 11 is 0. The fourth-order valence-corrected chi connectivity index (χ4v) is 0.784. The van der Waals surface area contributed by atoms with Gasteiger partial charge in [-0.2, -0.15) is 0 Å². The highest BCUT2D eigenvalue weighted by molar-refractivity contribution is 5.69. The van der Waals surface area contributed by atoms with Crippen molar-refractivity contribution in [1.29, 1.82) is 5.41 Å². The van der Waals surface area contributed by atoms with Crippen molar-refractivity contribution >= 4 is 6.21 Å². The topological polar surface area (TPSA) is 136 Å². The molecule has 0 unspecified atom stereocenters. The molecule has 0 rings (SSSR count). The molecule has 17 heavy (non-hydrogen) atoms. The standard InChI is InChI=1S/C9H10N4O4/c10-6-4-8(12(14)15)2-1-3-9(5-7-11)13(16)17/h1-7,10H,11H2/b2-1+,7-5+,8-4-,9-3-,10-6?. The van der Waals surface area contributed by atoms with E-state index in [0.29, 0.717) is 0 Å². The van der Waals surface area contributed by atoms with Gasteiger partial charge in [0.1, 0.15) is 0 Å². The molecule has 0 heterocycles. The SMILES string of the molecule is N=C/C=C(/C=C/C=C(/C=C/N)[N+](=O)[O-])[N+](=O)[O-]. The number of nitrogens with zero attached hydrogens (tertiary/aromatic N) is 2. The Kier molecular flexibility index (Phi) is 6.29. The second kappa shape index (κ2) is 7.51.